The highest BCUT2D eigenvalue weighted by molar-refractivity contribution is 6.18. The molecule has 50 heavy (non-hydrogen) atoms. The lowest BCUT2D eigenvalue weighted by Crippen LogP contribution is -2.08. The first kappa shape index (κ1) is 28.8. The predicted octanol–water partition coefficient (Wildman–Crippen LogP) is 12.0. The van der Waals surface area contributed by atoms with Gasteiger partial charge in [0.25, 0.3) is 0 Å². The summed E-state index contributed by atoms with van der Waals surface area (Å²) in [5.41, 5.74) is 13.5. The van der Waals surface area contributed by atoms with E-state index in [1.807, 2.05) is 0 Å². The molecule has 0 spiro atoms. The molecule has 0 saturated heterocycles. The third-order valence-electron chi connectivity index (χ3n) is 10.5. The standard InChI is InChI=1S/C47H35N3/c1-4-16-32(17-5-1)34-30-40(33-18-6-2-7-19-33)48-45(31-34)50-42-27-13-11-23-39(42)47-37(25-15-29-44(47)50)36-24-14-28-43-46(36)38-22-10-12-26-41(38)49(43)35-20-8-3-9-21-35/h1-12,14-18,20-26,28-31,33H,13,19,27H2. The molecule has 10 rings (SSSR count). The zero-order valence-electron chi connectivity index (χ0n) is 27.7. The zero-order valence-corrected chi connectivity index (χ0v) is 27.7. The minimum absolute atomic E-state index is 0.245. The van der Waals surface area contributed by atoms with Gasteiger partial charge in [-0.1, -0.05) is 127 Å². The third-order valence-corrected chi connectivity index (χ3v) is 10.5. The van der Waals surface area contributed by atoms with Crippen molar-refractivity contribution in [3.05, 3.63) is 181 Å². The van der Waals surface area contributed by atoms with Crippen molar-refractivity contribution < 1.29 is 0 Å². The summed E-state index contributed by atoms with van der Waals surface area (Å²) in [6.07, 6.45) is 16.5. The van der Waals surface area contributed by atoms with Crippen molar-refractivity contribution in [3.8, 4) is 33.8 Å². The number of fused-ring (bicyclic) bond motifs is 6. The van der Waals surface area contributed by atoms with Gasteiger partial charge < -0.3 is 4.57 Å². The van der Waals surface area contributed by atoms with Gasteiger partial charge in [0.2, 0.25) is 0 Å². The van der Waals surface area contributed by atoms with E-state index in [-0.39, 0.29) is 5.92 Å². The number of nitrogens with zero attached hydrogens (tertiary/aromatic N) is 3. The molecule has 238 valence electrons. The number of hydrogen-bond acceptors (Lipinski definition) is 1. The summed E-state index contributed by atoms with van der Waals surface area (Å²) in [5.74, 6) is 1.23. The van der Waals surface area contributed by atoms with Crippen molar-refractivity contribution in [2.45, 2.75) is 25.2 Å². The van der Waals surface area contributed by atoms with E-state index in [4.69, 9.17) is 4.98 Å². The normalized spacial score (nSPS) is 15.3. The van der Waals surface area contributed by atoms with Gasteiger partial charge in [0.1, 0.15) is 5.82 Å². The van der Waals surface area contributed by atoms with Crippen LogP contribution < -0.4 is 0 Å². The first-order chi connectivity index (χ1) is 24.8. The molecule has 0 radical (unpaired) electrons. The third kappa shape index (κ3) is 4.54. The van der Waals surface area contributed by atoms with Crippen LogP contribution in [0.4, 0.5) is 0 Å². The Labute approximate surface area is 291 Å². The van der Waals surface area contributed by atoms with Gasteiger partial charge in [0, 0.05) is 39.0 Å². The summed E-state index contributed by atoms with van der Waals surface area (Å²) in [7, 11) is 0. The number of para-hydroxylation sites is 2. The van der Waals surface area contributed by atoms with Crippen molar-refractivity contribution in [3.63, 3.8) is 0 Å². The van der Waals surface area contributed by atoms with Gasteiger partial charge in [-0.3, -0.25) is 4.57 Å². The van der Waals surface area contributed by atoms with Crippen LogP contribution >= 0.6 is 0 Å². The average molecular weight is 642 g/mol. The van der Waals surface area contributed by atoms with E-state index in [9.17, 15) is 0 Å². The molecule has 0 amide bonds. The Morgan fingerprint density at radius 1 is 0.580 bits per heavy atom. The fourth-order valence-corrected chi connectivity index (χ4v) is 8.29. The minimum atomic E-state index is 0.245. The van der Waals surface area contributed by atoms with E-state index >= 15 is 0 Å². The summed E-state index contributed by atoms with van der Waals surface area (Å²) < 4.78 is 4.87. The van der Waals surface area contributed by atoms with E-state index in [0.29, 0.717) is 0 Å². The zero-order chi connectivity index (χ0) is 33.0. The molecule has 3 heteroatoms. The van der Waals surface area contributed by atoms with Crippen LogP contribution in [0.5, 0.6) is 0 Å². The second-order valence-electron chi connectivity index (χ2n) is 13.4. The lowest BCUT2D eigenvalue weighted by atomic mass is 9.93. The van der Waals surface area contributed by atoms with E-state index in [1.165, 1.54) is 71.9 Å². The Hall–Kier alpha value is -6.19. The summed E-state index contributed by atoms with van der Waals surface area (Å²) >= 11 is 0. The molecule has 1 unspecified atom stereocenters. The monoisotopic (exact) mass is 641 g/mol. The van der Waals surface area contributed by atoms with Gasteiger partial charge in [0.15, 0.2) is 0 Å². The quantitative estimate of drug-likeness (QED) is 0.183. The first-order valence-electron chi connectivity index (χ1n) is 17.7. The molecule has 3 aromatic heterocycles. The second-order valence-corrected chi connectivity index (χ2v) is 13.4. The molecule has 2 aliphatic carbocycles. The lowest BCUT2D eigenvalue weighted by molar-refractivity contribution is 0.798. The number of pyridine rings is 1. The number of rotatable bonds is 5. The number of aromatic nitrogens is 3. The van der Waals surface area contributed by atoms with Gasteiger partial charge in [-0.05, 0) is 84.0 Å². The van der Waals surface area contributed by atoms with Crippen molar-refractivity contribution >= 4 is 38.8 Å². The number of benzene rings is 5. The Morgan fingerprint density at radius 2 is 1.30 bits per heavy atom. The van der Waals surface area contributed by atoms with Crippen LogP contribution in [-0.4, -0.2) is 14.1 Å². The van der Waals surface area contributed by atoms with Crippen LogP contribution in [0, 0.1) is 0 Å². The highest BCUT2D eigenvalue weighted by atomic mass is 15.1. The van der Waals surface area contributed by atoms with Crippen LogP contribution in [0.25, 0.3) is 72.5 Å². The second kappa shape index (κ2) is 11.7. The maximum Gasteiger partial charge on any atom is 0.138 e. The fourth-order valence-electron chi connectivity index (χ4n) is 8.29. The van der Waals surface area contributed by atoms with Gasteiger partial charge in [0.05, 0.1) is 22.2 Å². The van der Waals surface area contributed by atoms with Crippen LogP contribution in [0.2, 0.25) is 0 Å². The van der Waals surface area contributed by atoms with Gasteiger partial charge >= 0.3 is 0 Å². The summed E-state index contributed by atoms with van der Waals surface area (Å²) in [4.78, 5) is 5.46. The smallest absolute Gasteiger partial charge is 0.138 e. The lowest BCUT2D eigenvalue weighted by Gasteiger charge is -2.18. The molecule has 0 fully saturated rings. The van der Waals surface area contributed by atoms with Crippen LogP contribution in [0.15, 0.2) is 164 Å². The number of hydrogen-bond donors (Lipinski definition) is 0. The largest absolute Gasteiger partial charge is 0.309 e. The Kier molecular flexibility index (Phi) is 6.76. The Balaban J connectivity index is 1.25. The van der Waals surface area contributed by atoms with Crippen LogP contribution in [-0.2, 0) is 6.42 Å². The predicted molar refractivity (Wildman–Crippen MR) is 209 cm³/mol. The molecule has 3 nitrogen and oxygen atoms in total. The van der Waals surface area contributed by atoms with E-state index in [2.05, 4.69) is 179 Å². The van der Waals surface area contributed by atoms with Crippen molar-refractivity contribution in [1.29, 1.82) is 0 Å². The molecule has 0 N–H and O–H groups in total. The molecule has 8 aromatic rings. The van der Waals surface area contributed by atoms with Crippen molar-refractivity contribution in [1.82, 2.24) is 14.1 Å². The fraction of sp³-hybridized carbons (Fsp3) is 0.0851. The highest BCUT2D eigenvalue weighted by Gasteiger charge is 2.25. The molecule has 3 heterocycles. The first-order valence-corrected chi connectivity index (χ1v) is 17.7. The molecule has 2 aliphatic rings. The highest BCUT2D eigenvalue weighted by Crippen LogP contribution is 2.44. The molecule has 0 aliphatic heterocycles. The molecule has 1 atom stereocenters. The summed E-state index contributed by atoms with van der Waals surface area (Å²) in [6.45, 7) is 0. The summed E-state index contributed by atoms with van der Waals surface area (Å²) in [6, 6.07) is 48.5. The van der Waals surface area contributed by atoms with Crippen LogP contribution in [0.1, 0.15) is 35.7 Å². The Bertz CT molecular complexity index is 2670. The van der Waals surface area contributed by atoms with E-state index in [0.717, 1.165) is 30.8 Å². The van der Waals surface area contributed by atoms with Crippen LogP contribution in [0.3, 0.4) is 0 Å². The maximum atomic E-state index is 5.46. The van der Waals surface area contributed by atoms with Crippen molar-refractivity contribution in [2.75, 3.05) is 0 Å². The van der Waals surface area contributed by atoms with Gasteiger partial charge in [-0.25, -0.2) is 4.98 Å². The average Bonchev–Trinajstić information content (AvgIpc) is 3.72. The van der Waals surface area contributed by atoms with Gasteiger partial charge in [-0.15, -0.1) is 0 Å². The SMILES string of the molecule is C1=CCC(c2cc(-c3ccccc3)cc(-n3c4c(c5c(-c6cccc7c6c6ccccc6n7-c6ccccc6)cccc53)C=CCC4)n2)C=C1. The van der Waals surface area contributed by atoms with Crippen molar-refractivity contribution in [2.24, 2.45) is 0 Å². The molecular formula is C47H35N3. The molecule has 5 aromatic carbocycles. The van der Waals surface area contributed by atoms with Gasteiger partial charge in [-0.2, -0.15) is 0 Å². The Morgan fingerprint density at radius 3 is 2.10 bits per heavy atom. The molecular weight excluding hydrogens is 607 g/mol. The molecule has 0 bridgehead atoms. The minimum Gasteiger partial charge on any atom is -0.309 e. The molecule has 0 saturated carbocycles. The van der Waals surface area contributed by atoms with E-state index in [1.54, 1.807) is 0 Å². The van der Waals surface area contributed by atoms with E-state index < -0.39 is 0 Å². The maximum absolute atomic E-state index is 5.46. The number of allylic oxidation sites excluding steroid dienone is 5. The summed E-state index contributed by atoms with van der Waals surface area (Å²) in [5, 5.41) is 3.83. The topological polar surface area (TPSA) is 22.8 Å².